The lowest BCUT2D eigenvalue weighted by molar-refractivity contribution is -0.130. The molecule has 0 atom stereocenters. The van der Waals surface area contributed by atoms with Crippen LogP contribution < -0.4 is 9.47 Å². The molecule has 0 radical (unpaired) electrons. The monoisotopic (exact) mass is 386 g/mol. The number of carbonyl (C=O) groups is 2. The SMILES string of the molecule is O=C(O)/C(=C(/Cc1ccccc1)C(=O)c1ccccc1)c1ccc2c(c1)OCO2. The number of benzene rings is 3. The predicted molar refractivity (Wildman–Crippen MR) is 108 cm³/mol. The second-order valence-corrected chi connectivity index (χ2v) is 6.58. The van der Waals surface area contributed by atoms with Crippen molar-refractivity contribution in [1.29, 1.82) is 0 Å². The Hall–Kier alpha value is -3.86. The van der Waals surface area contributed by atoms with Gasteiger partial charge in [-0.05, 0) is 23.3 Å². The minimum Gasteiger partial charge on any atom is -0.478 e. The molecular formula is C24H18O5. The van der Waals surface area contributed by atoms with E-state index < -0.39 is 5.97 Å². The van der Waals surface area contributed by atoms with Gasteiger partial charge in [-0.1, -0.05) is 66.7 Å². The Morgan fingerprint density at radius 3 is 2.14 bits per heavy atom. The fourth-order valence-corrected chi connectivity index (χ4v) is 3.32. The first kappa shape index (κ1) is 18.5. The summed E-state index contributed by atoms with van der Waals surface area (Å²) in [5, 5.41) is 10.0. The van der Waals surface area contributed by atoms with Gasteiger partial charge in [-0.25, -0.2) is 4.79 Å². The molecule has 1 N–H and O–H groups in total. The topological polar surface area (TPSA) is 72.8 Å². The van der Waals surface area contributed by atoms with Crippen molar-refractivity contribution in [2.45, 2.75) is 6.42 Å². The van der Waals surface area contributed by atoms with Crippen molar-refractivity contribution in [2.75, 3.05) is 6.79 Å². The number of rotatable bonds is 6. The maximum Gasteiger partial charge on any atom is 0.336 e. The Bertz CT molecular complexity index is 1080. The average molecular weight is 386 g/mol. The van der Waals surface area contributed by atoms with Gasteiger partial charge in [0.25, 0.3) is 0 Å². The van der Waals surface area contributed by atoms with Crippen LogP contribution in [0.3, 0.4) is 0 Å². The molecule has 29 heavy (non-hydrogen) atoms. The van der Waals surface area contributed by atoms with Gasteiger partial charge in [0.1, 0.15) is 0 Å². The summed E-state index contributed by atoms with van der Waals surface area (Å²) in [7, 11) is 0. The summed E-state index contributed by atoms with van der Waals surface area (Å²) in [4.78, 5) is 25.6. The molecule has 0 spiro atoms. The molecule has 0 aliphatic carbocycles. The van der Waals surface area contributed by atoms with Gasteiger partial charge in [0.05, 0.1) is 5.57 Å². The Labute approximate surface area is 167 Å². The fourth-order valence-electron chi connectivity index (χ4n) is 3.32. The van der Waals surface area contributed by atoms with Crippen LogP contribution in [0, 0.1) is 0 Å². The number of carboxylic acid groups (broad SMARTS) is 1. The predicted octanol–water partition coefficient (Wildman–Crippen LogP) is 4.38. The van der Waals surface area contributed by atoms with E-state index in [1.807, 2.05) is 36.4 Å². The first-order valence-corrected chi connectivity index (χ1v) is 9.13. The highest BCUT2D eigenvalue weighted by Crippen LogP contribution is 2.36. The number of allylic oxidation sites excluding steroid dienone is 1. The maximum absolute atomic E-state index is 13.3. The lowest BCUT2D eigenvalue weighted by atomic mass is 9.89. The molecular weight excluding hydrogens is 368 g/mol. The molecule has 0 saturated carbocycles. The smallest absolute Gasteiger partial charge is 0.336 e. The Kier molecular flexibility index (Phi) is 5.12. The van der Waals surface area contributed by atoms with Crippen molar-refractivity contribution in [1.82, 2.24) is 0 Å². The van der Waals surface area contributed by atoms with E-state index in [0.717, 1.165) is 5.56 Å². The van der Waals surface area contributed by atoms with Gasteiger partial charge in [-0.2, -0.15) is 0 Å². The van der Waals surface area contributed by atoms with E-state index in [2.05, 4.69) is 0 Å². The highest BCUT2D eigenvalue weighted by Gasteiger charge is 2.25. The van der Waals surface area contributed by atoms with E-state index in [4.69, 9.17) is 9.47 Å². The van der Waals surface area contributed by atoms with Gasteiger partial charge in [0.2, 0.25) is 6.79 Å². The van der Waals surface area contributed by atoms with E-state index in [1.54, 1.807) is 42.5 Å². The van der Waals surface area contributed by atoms with Crippen molar-refractivity contribution in [2.24, 2.45) is 0 Å². The molecule has 0 saturated heterocycles. The zero-order valence-electron chi connectivity index (χ0n) is 15.5. The highest BCUT2D eigenvalue weighted by atomic mass is 16.7. The summed E-state index contributed by atoms with van der Waals surface area (Å²) in [5.41, 5.74) is 1.87. The number of carbonyl (C=O) groups excluding carboxylic acids is 1. The molecule has 144 valence electrons. The molecule has 5 heteroatoms. The zero-order chi connectivity index (χ0) is 20.2. The number of Topliss-reactive ketones (excluding diaryl/α,β-unsaturated/α-hetero) is 1. The Morgan fingerprint density at radius 2 is 1.45 bits per heavy atom. The number of aliphatic carboxylic acids is 1. The molecule has 0 aromatic heterocycles. The van der Waals surface area contributed by atoms with Crippen molar-refractivity contribution in [3.8, 4) is 11.5 Å². The summed E-state index contributed by atoms with van der Waals surface area (Å²) in [6, 6.07) is 23.0. The van der Waals surface area contributed by atoms with Gasteiger partial charge in [-0.15, -0.1) is 0 Å². The van der Waals surface area contributed by atoms with Crippen molar-refractivity contribution >= 4 is 17.3 Å². The molecule has 3 aromatic carbocycles. The molecule has 0 fully saturated rings. The summed E-state index contributed by atoms with van der Waals surface area (Å²) in [6.07, 6.45) is 0.199. The highest BCUT2D eigenvalue weighted by molar-refractivity contribution is 6.26. The Balaban J connectivity index is 1.88. The number of hydrogen-bond acceptors (Lipinski definition) is 4. The normalized spacial score (nSPS) is 13.0. The van der Waals surface area contributed by atoms with Crippen LogP contribution in [0.2, 0.25) is 0 Å². The number of fused-ring (bicyclic) bond motifs is 1. The first-order chi connectivity index (χ1) is 14.1. The summed E-state index contributed by atoms with van der Waals surface area (Å²) in [5.74, 6) is -0.464. The first-order valence-electron chi connectivity index (χ1n) is 9.13. The molecule has 0 amide bonds. The molecule has 3 aromatic rings. The van der Waals surface area contributed by atoms with Crippen molar-refractivity contribution in [3.05, 3.63) is 101 Å². The largest absolute Gasteiger partial charge is 0.478 e. The van der Waals surface area contributed by atoms with E-state index in [-0.39, 0.29) is 30.1 Å². The maximum atomic E-state index is 13.3. The number of hydrogen-bond donors (Lipinski definition) is 1. The van der Waals surface area contributed by atoms with E-state index >= 15 is 0 Å². The minimum atomic E-state index is -1.17. The lowest BCUT2D eigenvalue weighted by Crippen LogP contribution is -2.14. The van der Waals surface area contributed by atoms with Crippen LogP contribution in [0.4, 0.5) is 0 Å². The molecule has 5 nitrogen and oxygen atoms in total. The third-order valence-corrected chi connectivity index (χ3v) is 4.71. The van der Waals surface area contributed by atoms with Gasteiger partial charge >= 0.3 is 5.97 Å². The van der Waals surface area contributed by atoms with Gasteiger partial charge < -0.3 is 14.6 Å². The van der Waals surface area contributed by atoms with Crippen LogP contribution in [0.25, 0.3) is 5.57 Å². The lowest BCUT2D eigenvalue weighted by Gasteiger charge is -2.13. The minimum absolute atomic E-state index is 0.0407. The van der Waals surface area contributed by atoms with E-state index in [0.29, 0.717) is 22.6 Å². The second-order valence-electron chi connectivity index (χ2n) is 6.58. The number of ketones is 1. The van der Waals surface area contributed by atoms with E-state index in [9.17, 15) is 14.7 Å². The van der Waals surface area contributed by atoms with Crippen molar-refractivity contribution in [3.63, 3.8) is 0 Å². The average Bonchev–Trinajstić information content (AvgIpc) is 3.22. The molecule has 0 bridgehead atoms. The third-order valence-electron chi connectivity index (χ3n) is 4.71. The van der Waals surface area contributed by atoms with Crippen LogP contribution in [-0.4, -0.2) is 23.7 Å². The van der Waals surface area contributed by atoms with Crippen LogP contribution in [0.1, 0.15) is 21.5 Å². The molecule has 1 aliphatic rings. The van der Waals surface area contributed by atoms with E-state index in [1.165, 1.54) is 0 Å². The van der Waals surface area contributed by atoms with Gasteiger partial charge in [0.15, 0.2) is 17.3 Å². The Morgan fingerprint density at radius 1 is 0.793 bits per heavy atom. The fraction of sp³-hybridized carbons (Fsp3) is 0.0833. The summed E-state index contributed by atoms with van der Waals surface area (Å²) >= 11 is 0. The number of ether oxygens (including phenoxy) is 2. The molecule has 1 aliphatic heterocycles. The summed E-state index contributed by atoms with van der Waals surface area (Å²) < 4.78 is 10.7. The van der Waals surface area contributed by atoms with Gasteiger partial charge in [-0.3, -0.25) is 4.79 Å². The molecule has 0 unspecified atom stereocenters. The standard InChI is InChI=1S/C24H18O5/c25-23(17-9-5-2-6-10-17)19(13-16-7-3-1-4-8-16)22(24(26)27)18-11-12-20-21(14-18)29-15-28-20/h1-12,14H,13,15H2,(H,26,27)/b22-19-. The quantitative estimate of drug-likeness (QED) is 0.503. The van der Waals surface area contributed by atoms with Crippen LogP contribution in [0.15, 0.2) is 84.4 Å². The van der Waals surface area contributed by atoms with Crippen LogP contribution in [0.5, 0.6) is 11.5 Å². The van der Waals surface area contributed by atoms with Crippen molar-refractivity contribution < 1.29 is 24.2 Å². The molecule has 1 heterocycles. The van der Waals surface area contributed by atoms with Crippen LogP contribution in [-0.2, 0) is 11.2 Å². The molecule has 4 rings (SSSR count). The third kappa shape index (κ3) is 3.89. The second kappa shape index (κ2) is 8.02. The van der Waals surface area contributed by atoms with Gasteiger partial charge in [0, 0.05) is 17.6 Å². The summed E-state index contributed by atoms with van der Waals surface area (Å²) in [6.45, 7) is 0.0880. The number of carboxylic acids is 1. The zero-order valence-corrected chi connectivity index (χ0v) is 15.5. The van der Waals surface area contributed by atoms with Crippen LogP contribution >= 0.6 is 0 Å².